The summed E-state index contributed by atoms with van der Waals surface area (Å²) in [5, 5.41) is 5.85. The van der Waals surface area contributed by atoms with Crippen molar-refractivity contribution in [1.82, 2.24) is 24.5 Å². The van der Waals surface area contributed by atoms with Gasteiger partial charge in [0.15, 0.2) is 27.6 Å². The van der Waals surface area contributed by atoms with Crippen LogP contribution in [0.5, 0.6) is 5.75 Å². The van der Waals surface area contributed by atoms with Crippen LogP contribution in [-0.2, 0) is 15.8 Å². The van der Waals surface area contributed by atoms with Gasteiger partial charge in [-0.2, -0.15) is 5.10 Å². The first-order chi connectivity index (χ1) is 16.1. The minimum Gasteiger partial charge on any atom is -0.488 e. The molecule has 6 rings (SSSR count). The van der Waals surface area contributed by atoms with Gasteiger partial charge in [0.05, 0.1) is 12.1 Å². The van der Waals surface area contributed by atoms with Crippen molar-refractivity contribution < 1.29 is 13.7 Å². The molecule has 1 unspecified atom stereocenters. The van der Waals surface area contributed by atoms with E-state index in [2.05, 4.69) is 19.6 Å². The maximum atomic E-state index is 12.4. The standard InChI is InChI=1S/C23H18N6O3S/c1-28-7-8-32-19-10-16(13-25-23(19)28)14-4-5-18-17(9-14)22(15-3-2-6-24-12-15)26-29(18)21-11-20(30)27-33(21)31/h2-6,9-13H,7-8H2,1H3,(H,27,30). The van der Waals surface area contributed by atoms with Gasteiger partial charge < -0.3 is 9.64 Å². The lowest BCUT2D eigenvalue weighted by Gasteiger charge is -2.26. The van der Waals surface area contributed by atoms with Crippen LogP contribution < -0.4 is 14.4 Å². The number of nitrogens with zero attached hydrogens (tertiary/aromatic N) is 5. The first kappa shape index (κ1) is 19.6. The fourth-order valence-corrected chi connectivity index (χ4v) is 4.90. The summed E-state index contributed by atoms with van der Waals surface area (Å²) in [5.74, 6) is 1.17. The number of aromatic nitrogens is 4. The molecule has 3 aromatic heterocycles. The molecule has 164 valence electrons. The van der Waals surface area contributed by atoms with Crippen molar-refractivity contribution in [1.29, 1.82) is 0 Å². The van der Waals surface area contributed by atoms with E-state index in [9.17, 15) is 9.00 Å². The van der Waals surface area contributed by atoms with E-state index in [0.29, 0.717) is 17.3 Å². The molecule has 0 fully saturated rings. The Bertz CT molecular complexity index is 1480. The van der Waals surface area contributed by atoms with Crippen LogP contribution in [0.2, 0.25) is 0 Å². The van der Waals surface area contributed by atoms with E-state index in [1.165, 1.54) is 6.08 Å². The van der Waals surface area contributed by atoms with Crippen LogP contribution in [0.1, 0.15) is 0 Å². The average Bonchev–Trinajstić information content (AvgIpc) is 3.38. The van der Waals surface area contributed by atoms with Crippen LogP contribution in [-0.4, -0.2) is 50.1 Å². The van der Waals surface area contributed by atoms with Crippen molar-refractivity contribution in [3.63, 3.8) is 0 Å². The number of pyridine rings is 2. The third kappa shape index (κ3) is 3.26. The Hall–Kier alpha value is -4.05. The summed E-state index contributed by atoms with van der Waals surface area (Å²) in [6.07, 6.45) is 6.56. The highest BCUT2D eigenvalue weighted by Gasteiger charge is 2.25. The Morgan fingerprint density at radius 3 is 2.82 bits per heavy atom. The van der Waals surface area contributed by atoms with Crippen LogP contribution in [0.3, 0.4) is 0 Å². The van der Waals surface area contributed by atoms with Crippen molar-refractivity contribution >= 4 is 38.6 Å². The fraction of sp³-hybridized carbons (Fsp3) is 0.130. The zero-order valence-corrected chi connectivity index (χ0v) is 18.4. The van der Waals surface area contributed by atoms with Crippen molar-refractivity contribution in [3.8, 4) is 28.1 Å². The molecule has 10 heteroatoms. The van der Waals surface area contributed by atoms with E-state index in [1.54, 1.807) is 17.1 Å². The van der Waals surface area contributed by atoms with Gasteiger partial charge in [-0.15, -0.1) is 0 Å². The predicted molar refractivity (Wildman–Crippen MR) is 126 cm³/mol. The molecule has 1 amide bonds. The second-order valence-corrected chi connectivity index (χ2v) is 8.93. The Balaban J connectivity index is 1.54. The first-order valence-electron chi connectivity index (χ1n) is 10.3. The van der Waals surface area contributed by atoms with Gasteiger partial charge >= 0.3 is 0 Å². The number of fused-ring (bicyclic) bond motifs is 2. The van der Waals surface area contributed by atoms with Gasteiger partial charge in [0.1, 0.15) is 12.3 Å². The quantitative estimate of drug-likeness (QED) is 0.503. The van der Waals surface area contributed by atoms with Gasteiger partial charge in [-0.3, -0.25) is 14.5 Å². The lowest BCUT2D eigenvalue weighted by molar-refractivity contribution is -0.114. The van der Waals surface area contributed by atoms with E-state index in [4.69, 9.17) is 9.84 Å². The Labute approximate surface area is 191 Å². The van der Waals surface area contributed by atoms with Crippen LogP contribution in [0, 0.1) is 0 Å². The number of anilines is 1. The number of benzene rings is 1. The van der Waals surface area contributed by atoms with E-state index >= 15 is 0 Å². The van der Waals surface area contributed by atoms with E-state index in [0.717, 1.165) is 45.7 Å². The van der Waals surface area contributed by atoms with Gasteiger partial charge in [0.25, 0.3) is 5.91 Å². The molecule has 4 aromatic rings. The zero-order valence-electron chi connectivity index (χ0n) is 17.6. The molecule has 2 aliphatic heterocycles. The number of rotatable bonds is 3. The second kappa shape index (κ2) is 7.52. The molecule has 9 nitrogen and oxygen atoms in total. The van der Waals surface area contributed by atoms with E-state index in [1.807, 2.05) is 49.6 Å². The molecule has 5 heterocycles. The minimum absolute atomic E-state index is 0.291. The predicted octanol–water partition coefficient (Wildman–Crippen LogP) is 2.58. The van der Waals surface area contributed by atoms with Gasteiger partial charge in [0, 0.05) is 48.2 Å². The highest BCUT2D eigenvalue weighted by Crippen LogP contribution is 2.36. The van der Waals surface area contributed by atoms with Crippen molar-refractivity contribution in [2.75, 3.05) is 25.1 Å². The molecule has 0 aliphatic carbocycles. The molecule has 1 atom stereocenters. The van der Waals surface area contributed by atoms with E-state index in [-0.39, 0.29) is 0 Å². The molecule has 0 spiro atoms. The largest absolute Gasteiger partial charge is 0.488 e. The number of ether oxygens (including phenoxy) is 1. The van der Waals surface area contributed by atoms with Crippen molar-refractivity contribution in [2.45, 2.75) is 0 Å². The number of carbonyl (C=O) groups excluding carboxylic acids is 1. The van der Waals surface area contributed by atoms with Crippen molar-refractivity contribution in [2.24, 2.45) is 0 Å². The lowest BCUT2D eigenvalue weighted by atomic mass is 10.0. The summed E-state index contributed by atoms with van der Waals surface area (Å²) >= 11 is 0. The summed E-state index contributed by atoms with van der Waals surface area (Å²) in [4.78, 5) is 22.7. The van der Waals surface area contributed by atoms with Gasteiger partial charge in [0.2, 0.25) is 0 Å². The topological polar surface area (TPSA) is 102 Å². The maximum absolute atomic E-state index is 12.4. The number of nitrogens with one attached hydrogen (secondary N) is 1. The summed E-state index contributed by atoms with van der Waals surface area (Å²) in [7, 11) is 0.324. The van der Waals surface area contributed by atoms with E-state index < -0.39 is 16.9 Å². The number of hydrogen-bond donors (Lipinski definition) is 1. The smallest absolute Gasteiger partial charge is 0.258 e. The highest BCUT2D eigenvalue weighted by atomic mass is 32.2. The first-order valence-corrected chi connectivity index (χ1v) is 11.5. The third-order valence-electron chi connectivity index (χ3n) is 5.67. The number of likely N-dealkylation sites (N-methyl/N-ethyl adjacent to an activating group) is 1. The lowest BCUT2D eigenvalue weighted by Crippen LogP contribution is -2.29. The minimum atomic E-state index is -1.67. The van der Waals surface area contributed by atoms with Gasteiger partial charge in [-0.05, 0) is 35.9 Å². The molecule has 0 radical (unpaired) electrons. The normalized spacial score (nSPS) is 17.5. The average molecular weight is 459 g/mol. The number of hydrogen-bond acceptors (Lipinski definition) is 7. The van der Waals surface area contributed by atoms with Crippen LogP contribution in [0.4, 0.5) is 5.82 Å². The van der Waals surface area contributed by atoms with Gasteiger partial charge in [-0.25, -0.2) is 13.9 Å². The zero-order chi connectivity index (χ0) is 22.5. The Morgan fingerprint density at radius 1 is 1.12 bits per heavy atom. The second-order valence-electron chi connectivity index (χ2n) is 7.77. The highest BCUT2D eigenvalue weighted by molar-refractivity contribution is 7.93. The van der Waals surface area contributed by atoms with Crippen LogP contribution in [0.25, 0.3) is 38.3 Å². The third-order valence-corrected chi connectivity index (χ3v) is 6.73. The Kier molecular flexibility index (Phi) is 4.47. The van der Waals surface area contributed by atoms with Crippen LogP contribution in [0.15, 0.2) is 61.1 Å². The molecule has 33 heavy (non-hydrogen) atoms. The van der Waals surface area contributed by atoms with Crippen LogP contribution >= 0.6 is 0 Å². The molecule has 0 saturated carbocycles. The monoisotopic (exact) mass is 458 g/mol. The molecule has 2 aliphatic rings. The fourth-order valence-electron chi connectivity index (χ4n) is 4.05. The Morgan fingerprint density at radius 2 is 2.03 bits per heavy atom. The molecule has 0 saturated heterocycles. The van der Waals surface area contributed by atoms with Crippen molar-refractivity contribution in [3.05, 3.63) is 61.1 Å². The summed E-state index contributed by atoms with van der Waals surface area (Å²) < 4.78 is 22.2. The number of carbonyl (C=O) groups is 1. The maximum Gasteiger partial charge on any atom is 0.258 e. The summed E-state index contributed by atoms with van der Waals surface area (Å²) in [5.41, 5.74) is 4.08. The molecule has 1 N–H and O–H groups in total. The SMILES string of the molecule is CN1CCOc2cc(-c3ccc4c(c3)c(-c3cccnc3)nn4C3=CC(=O)NS3=O)cnc21. The summed E-state index contributed by atoms with van der Waals surface area (Å²) in [6, 6.07) is 11.6. The molecule has 0 bridgehead atoms. The molecule has 1 aromatic carbocycles. The molecular weight excluding hydrogens is 440 g/mol. The molecular formula is C23H18N6O3S. The van der Waals surface area contributed by atoms with Gasteiger partial charge in [-0.1, -0.05) is 6.07 Å². The number of amides is 1. The summed E-state index contributed by atoms with van der Waals surface area (Å²) in [6.45, 7) is 1.41.